The van der Waals surface area contributed by atoms with Crippen LogP contribution in [-0.4, -0.2) is 33.6 Å². The number of rotatable bonds is 7. The minimum absolute atomic E-state index is 0.117. The van der Waals surface area contributed by atoms with Gasteiger partial charge < -0.3 is 20.8 Å². The number of nitrogens with two attached hydrogens (primary N) is 1. The van der Waals surface area contributed by atoms with Gasteiger partial charge in [-0.3, -0.25) is 4.79 Å². The summed E-state index contributed by atoms with van der Waals surface area (Å²) in [6, 6.07) is 13.6. The molecule has 0 radical (unpaired) electrons. The number of carbonyl (C=O) groups excluding carboxylic acids is 1. The Labute approximate surface area is 142 Å². The molecule has 0 saturated carbocycles. The lowest BCUT2D eigenvalue weighted by atomic mass is 10.0. The van der Waals surface area contributed by atoms with E-state index in [0.717, 1.165) is 12.0 Å². The van der Waals surface area contributed by atoms with Gasteiger partial charge in [0.15, 0.2) is 11.5 Å². The van der Waals surface area contributed by atoms with Crippen molar-refractivity contribution in [2.24, 2.45) is 5.73 Å². The van der Waals surface area contributed by atoms with Crippen molar-refractivity contribution < 1.29 is 15.0 Å². The summed E-state index contributed by atoms with van der Waals surface area (Å²) in [6.45, 7) is 3.19. The normalized spacial score (nSPS) is 11.9. The third kappa shape index (κ3) is 4.73. The Balaban J connectivity index is 2.06. The largest absolute Gasteiger partial charge is 0.504 e. The molecule has 4 N–H and O–H groups in total. The molecule has 0 fully saturated rings. The van der Waals surface area contributed by atoms with Crippen molar-refractivity contribution in [1.82, 2.24) is 4.90 Å². The van der Waals surface area contributed by atoms with Crippen molar-refractivity contribution in [3.05, 3.63) is 59.7 Å². The lowest BCUT2D eigenvalue weighted by molar-refractivity contribution is -0.133. The first-order valence-electron chi connectivity index (χ1n) is 8.10. The molecule has 0 aliphatic carbocycles. The predicted octanol–water partition coefficient (Wildman–Crippen LogP) is 2.41. The van der Waals surface area contributed by atoms with Crippen molar-refractivity contribution in [2.45, 2.75) is 32.4 Å². The highest BCUT2D eigenvalue weighted by atomic mass is 16.3. The summed E-state index contributed by atoms with van der Waals surface area (Å²) in [5.74, 6) is -0.509. The zero-order chi connectivity index (χ0) is 17.5. The molecule has 128 valence electrons. The van der Waals surface area contributed by atoms with Crippen molar-refractivity contribution in [2.75, 3.05) is 6.54 Å². The van der Waals surface area contributed by atoms with Crippen molar-refractivity contribution in [3.63, 3.8) is 0 Å². The number of nitrogens with zero attached hydrogens (tertiary/aromatic N) is 1. The van der Waals surface area contributed by atoms with E-state index in [1.54, 1.807) is 11.0 Å². The van der Waals surface area contributed by atoms with Crippen LogP contribution in [0.2, 0.25) is 0 Å². The molecule has 0 bridgehead atoms. The molecule has 24 heavy (non-hydrogen) atoms. The Morgan fingerprint density at radius 1 is 1.08 bits per heavy atom. The van der Waals surface area contributed by atoms with Crippen LogP contribution in [0.5, 0.6) is 11.5 Å². The quantitative estimate of drug-likeness (QED) is 0.681. The minimum atomic E-state index is -0.691. The lowest BCUT2D eigenvalue weighted by Gasteiger charge is -2.25. The Bertz CT molecular complexity index is 674. The van der Waals surface area contributed by atoms with Crippen molar-refractivity contribution in [1.29, 1.82) is 0 Å². The fourth-order valence-corrected chi connectivity index (χ4v) is 2.61. The van der Waals surface area contributed by atoms with Gasteiger partial charge in [0.25, 0.3) is 0 Å². The lowest BCUT2D eigenvalue weighted by Crippen LogP contribution is -2.44. The summed E-state index contributed by atoms with van der Waals surface area (Å²) in [5.41, 5.74) is 7.86. The Morgan fingerprint density at radius 2 is 1.79 bits per heavy atom. The molecule has 0 spiro atoms. The number of amides is 1. The van der Waals surface area contributed by atoms with Crippen molar-refractivity contribution >= 4 is 5.91 Å². The Hall–Kier alpha value is -2.53. The van der Waals surface area contributed by atoms with Gasteiger partial charge in [-0.15, -0.1) is 0 Å². The van der Waals surface area contributed by atoms with Gasteiger partial charge in [0.1, 0.15) is 0 Å². The third-order valence-corrected chi connectivity index (χ3v) is 3.83. The second-order valence-corrected chi connectivity index (χ2v) is 5.88. The monoisotopic (exact) mass is 328 g/mol. The van der Waals surface area contributed by atoms with Gasteiger partial charge >= 0.3 is 0 Å². The standard InChI is InChI=1S/C19H24N2O3/c1-2-10-21(13-14-6-4-3-5-7-14)19(24)16(20)11-15-8-9-17(22)18(23)12-15/h3-9,12,16,22-23H,2,10-11,13,20H2,1H3/t16-/m0/s1. The summed E-state index contributed by atoms with van der Waals surface area (Å²) in [4.78, 5) is 14.4. The molecule has 0 aromatic heterocycles. The number of aromatic hydroxyl groups is 2. The fourth-order valence-electron chi connectivity index (χ4n) is 2.61. The molecule has 5 heteroatoms. The van der Waals surface area contributed by atoms with Crippen molar-refractivity contribution in [3.8, 4) is 11.5 Å². The SMILES string of the molecule is CCCN(Cc1ccccc1)C(=O)[C@@H](N)Cc1ccc(O)c(O)c1. The van der Waals surface area contributed by atoms with Gasteiger partial charge in [0.2, 0.25) is 5.91 Å². The first kappa shape index (κ1) is 17.8. The maximum atomic E-state index is 12.7. The molecule has 2 aromatic rings. The topological polar surface area (TPSA) is 86.8 Å². The molecule has 2 aromatic carbocycles. The smallest absolute Gasteiger partial charge is 0.240 e. The van der Waals surface area contributed by atoms with E-state index < -0.39 is 6.04 Å². The Kier molecular flexibility index (Phi) is 6.21. The van der Waals surface area contributed by atoms with Crippen LogP contribution in [0.15, 0.2) is 48.5 Å². The van der Waals surface area contributed by atoms with E-state index in [1.807, 2.05) is 37.3 Å². The zero-order valence-corrected chi connectivity index (χ0v) is 13.9. The molecule has 0 aliphatic heterocycles. The maximum absolute atomic E-state index is 12.7. The van der Waals surface area contributed by atoms with Crippen LogP contribution in [-0.2, 0) is 17.8 Å². The molecular formula is C19H24N2O3. The van der Waals surface area contributed by atoms with Crippen LogP contribution in [0.4, 0.5) is 0 Å². The number of benzene rings is 2. The van der Waals surface area contributed by atoms with Crippen LogP contribution >= 0.6 is 0 Å². The van der Waals surface area contributed by atoms with Gasteiger partial charge in [-0.1, -0.05) is 43.3 Å². The van der Waals surface area contributed by atoms with Gasteiger partial charge in [0.05, 0.1) is 6.04 Å². The summed E-state index contributed by atoms with van der Waals surface area (Å²) < 4.78 is 0. The van der Waals surface area contributed by atoms with Crippen LogP contribution in [0.3, 0.4) is 0 Å². The number of hydrogen-bond donors (Lipinski definition) is 3. The molecule has 0 aliphatic rings. The van der Waals surface area contributed by atoms with E-state index in [9.17, 15) is 15.0 Å². The Morgan fingerprint density at radius 3 is 2.42 bits per heavy atom. The van der Waals surface area contributed by atoms with Crippen LogP contribution in [0, 0.1) is 0 Å². The summed E-state index contributed by atoms with van der Waals surface area (Å²) in [6.07, 6.45) is 1.16. The minimum Gasteiger partial charge on any atom is -0.504 e. The van der Waals surface area contributed by atoms with E-state index in [4.69, 9.17) is 5.73 Å². The number of hydrogen-bond acceptors (Lipinski definition) is 4. The fraction of sp³-hybridized carbons (Fsp3) is 0.316. The first-order valence-corrected chi connectivity index (χ1v) is 8.10. The van der Waals surface area contributed by atoms with Crippen LogP contribution in [0.25, 0.3) is 0 Å². The van der Waals surface area contributed by atoms with Crippen LogP contribution < -0.4 is 5.73 Å². The number of phenols is 2. The average Bonchev–Trinajstić information content (AvgIpc) is 2.58. The number of carbonyl (C=O) groups is 1. The molecule has 2 rings (SSSR count). The second kappa shape index (κ2) is 8.36. The average molecular weight is 328 g/mol. The van der Waals surface area contributed by atoms with E-state index in [-0.39, 0.29) is 17.4 Å². The zero-order valence-electron chi connectivity index (χ0n) is 13.9. The highest BCUT2D eigenvalue weighted by Gasteiger charge is 2.21. The van der Waals surface area contributed by atoms with E-state index >= 15 is 0 Å². The maximum Gasteiger partial charge on any atom is 0.240 e. The molecule has 0 heterocycles. The first-order chi connectivity index (χ1) is 11.5. The molecule has 0 saturated heterocycles. The summed E-state index contributed by atoms with van der Waals surface area (Å²) >= 11 is 0. The van der Waals surface area contributed by atoms with E-state index in [0.29, 0.717) is 25.1 Å². The summed E-state index contributed by atoms with van der Waals surface area (Å²) in [5, 5.41) is 18.9. The van der Waals surface area contributed by atoms with Gasteiger partial charge in [-0.25, -0.2) is 0 Å². The third-order valence-electron chi connectivity index (χ3n) is 3.83. The highest BCUT2D eigenvalue weighted by Crippen LogP contribution is 2.25. The predicted molar refractivity (Wildman–Crippen MR) is 93.6 cm³/mol. The second-order valence-electron chi connectivity index (χ2n) is 5.88. The van der Waals surface area contributed by atoms with E-state index in [1.165, 1.54) is 12.1 Å². The summed E-state index contributed by atoms with van der Waals surface area (Å²) in [7, 11) is 0. The molecule has 1 amide bonds. The highest BCUT2D eigenvalue weighted by molar-refractivity contribution is 5.82. The van der Waals surface area contributed by atoms with Crippen LogP contribution in [0.1, 0.15) is 24.5 Å². The molecule has 1 atom stereocenters. The molecule has 5 nitrogen and oxygen atoms in total. The van der Waals surface area contributed by atoms with Gasteiger partial charge in [-0.2, -0.15) is 0 Å². The number of phenolic OH excluding ortho intramolecular Hbond substituents is 2. The van der Waals surface area contributed by atoms with Gasteiger partial charge in [0, 0.05) is 13.1 Å². The molecular weight excluding hydrogens is 304 g/mol. The van der Waals surface area contributed by atoms with Gasteiger partial charge in [-0.05, 0) is 36.1 Å². The molecule has 0 unspecified atom stereocenters. The van der Waals surface area contributed by atoms with E-state index in [2.05, 4.69) is 0 Å².